The molecule has 4 heteroatoms. The molecule has 0 radical (unpaired) electrons. The first kappa shape index (κ1) is 7.40. The Kier molecular flexibility index (Phi) is 3.43. The molecule has 0 aliphatic rings. The van der Waals surface area contributed by atoms with E-state index in [2.05, 4.69) is 20.6 Å². The molecular formula is C7H8N4. The van der Waals surface area contributed by atoms with Crippen LogP contribution in [0.5, 0.6) is 0 Å². The zero-order chi connectivity index (χ0) is 7.78. The van der Waals surface area contributed by atoms with Gasteiger partial charge in [0.2, 0.25) is 0 Å². The van der Waals surface area contributed by atoms with E-state index in [1.54, 1.807) is 0 Å². The second kappa shape index (κ2) is 5.10. The molecule has 0 aliphatic heterocycles. The lowest BCUT2D eigenvalue weighted by Gasteiger charge is -1.69. The van der Waals surface area contributed by atoms with E-state index in [-0.39, 0.29) is 0 Å². The third-order valence-electron chi connectivity index (χ3n) is 0.936. The van der Waals surface area contributed by atoms with Crippen LogP contribution in [0, 0.1) is 0 Å². The van der Waals surface area contributed by atoms with Gasteiger partial charge in [-0.3, -0.25) is 0 Å². The highest BCUT2D eigenvalue weighted by Crippen LogP contribution is 1.79. The van der Waals surface area contributed by atoms with E-state index in [1.807, 2.05) is 36.4 Å². The second-order valence-corrected chi connectivity index (χ2v) is 1.71. The minimum Gasteiger partial charge on any atom is -0.177 e. The van der Waals surface area contributed by atoms with Crippen molar-refractivity contribution in [2.75, 3.05) is 0 Å². The van der Waals surface area contributed by atoms with Crippen LogP contribution in [-0.4, -0.2) is 20.6 Å². The lowest BCUT2D eigenvalue weighted by Crippen LogP contribution is -1.64. The molecular weight excluding hydrogens is 140 g/mol. The van der Waals surface area contributed by atoms with Gasteiger partial charge in [0.05, 0.1) is 0 Å². The van der Waals surface area contributed by atoms with Crippen molar-refractivity contribution in [1.29, 1.82) is 0 Å². The second-order valence-electron chi connectivity index (χ2n) is 1.71. The number of hydrogen-bond acceptors (Lipinski definition) is 3. The van der Waals surface area contributed by atoms with Crippen LogP contribution in [0.4, 0.5) is 0 Å². The summed E-state index contributed by atoms with van der Waals surface area (Å²) in [6.07, 6.45) is 1.33. The molecule has 0 fully saturated rings. The topological polar surface area (TPSA) is 54.5 Å². The van der Waals surface area contributed by atoms with Crippen molar-refractivity contribution in [3.05, 3.63) is 42.7 Å². The molecule has 11 heavy (non-hydrogen) atoms. The van der Waals surface area contributed by atoms with E-state index >= 15 is 0 Å². The van der Waals surface area contributed by atoms with Crippen LogP contribution in [0.2, 0.25) is 0 Å². The Labute approximate surface area is 64.3 Å². The third-order valence-corrected chi connectivity index (χ3v) is 0.936. The molecule has 0 saturated heterocycles. The van der Waals surface area contributed by atoms with Gasteiger partial charge in [0, 0.05) is 0 Å². The summed E-state index contributed by atoms with van der Waals surface area (Å²) in [5.41, 5.74) is 0. The largest absolute Gasteiger partial charge is 0.177 e. The fraction of sp³-hybridized carbons (Fsp3) is 0. The summed E-state index contributed by atoms with van der Waals surface area (Å²) < 4.78 is 0. The normalized spacial score (nSPS) is 8.00. The Morgan fingerprint density at radius 2 is 1.36 bits per heavy atom. The van der Waals surface area contributed by atoms with E-state index in [0.29, 0.717) is 0 Å². The maximum Gasteiger partial charge on any atom is 0.161 e. The quantitative estimate of drug-likeness (QED) is 0.603. The standard InChI is InChI=1S/C6H6.CH2N4/c1-2-4-6-5-3-1;1-2-4-5-3-1/h1-6H;1H,(H,2,3,4,5). The van der Waals surface area contributed by atoms with Crippen molar-refractivity contribution in [1.82, 2.24) is 20.6 Å². The first-order valence-electron chi connectivity index (χ1n) is 3.16. The summed E-state index contributed by atoms with van der Waals surface area (Å²) in [5, 5.41) is 12.2. The molecule has 0 saturated carbocycles. The summed E-state index contributed by atoms with van der Waals surface area (Å²) in [6.45, 7) is 0. The lowest BCUT2D eigenvalue weighted by atomic mass is 10.4. The van der Waals surface area contributed by atoms with Crippen molar-refractivity contribution in [3.63, 3.8) is 0 Å². The van der Waals surface area contributed by atoms with Crippen LogP contribution in [0.15, 0.2) is 42.7 Å². The highest BCUT2D eigenvalue weighted by atomic mass is 15.5. The van der Waals surface area contributed by atoms with Gasteiger partial charge in [-0.1, -0.05) is 41.6 Å². The molecule has 2 aromatic rings. The highest BCUT2D eigenvalue weighted by molar-refractivity contribution is 4.99. The number of aromatic amines is 1. The first-order chi connectivity index (χ1) is 5.50. The average molecular weight is 148 g/mol. The van der Waals surface area contributed by atoms with Gasteiger partial charge in [0.1, 0.15) is 0 Å². The molecule has 0 aliphatic carbocycles. The Bertz CT molecular complexity index is 196. The SMILES string of the molecule is c1ccccc1.c1nn[nH]n1. The fourth-order valence-corrected chi connectivity index (χ4v) is 0.514. The number of tetrazole rings is 1. The van der Waals surface area contributed by atoms with Gasteiger partial charge in [-0.15, -0.1) is 10.2 Å². The summed E-state index contributed by atoms with van der Waals surface area (Å²) >= 11 is 0. The van der Waals surface area contributed by atoms with Gasteiger partial charge in [0.15, 0.2) is 6.33 Å². The third kappa shape index (κ3) is 3.80. The molecule has 1 aromatic carbocycles. The highest BCUT2D eigenvalue weighted by Gasteiger charge is 1.58. The van der Waals surface area contributed by atoms with Gasteiger partial charge >= 0.3 is 0 Å². The minimum absolute atomic E-state index is 1.33. The molecule has 0 unspecified atom stereocenters. The van der Waals surface area contributed by atoms with E-state index in [9.17, 15) is 0 Å². The molecule has 0 atom stereocenters. The molecule has 2 rings (SSSR count). The Morgan fingerprint density at radius 1 is 0.818 bits per heavy atom. The number of aromatic nitrogens is 4. The number of nitrogens with one attached hydrogen (secondary N) is 1. The summed E-state index contributed by atoms with van der Waals surface area (Å²) in [4.78, 5) is 0. The minimum atomic E-state index is 1.33. The van der Waals surface area contributed by atoms with Crippen molar-refractivity contribution in [2.24, 2.45) is 0 Å². The molecule has 1 N–H and O–H groups in total. The number of benzene rings is 1. The Balaban J connectivity index is 0.000000112. The number of nitrogens with zero attached hydrogens (tertiary/aromatic N) is 3. The number of hydrogen-bond donors (Lipinski definition) is 1. The summed E-state index contributed by atoms with van der Waals surface area (Å²) in [7, 11) is 0. The number of rotatable bonds is 0. The van der Waals surface area contributed by atoms with Crippen molar-refractivity contribution in [3.8, 4) is 0 Å². The predicted molar refractivity (Wildman–Crippen MR) is 40.6 cm³/mol. The monoisotopic (exact) mass is 148 g/mol. The van der Waals surface area contributed by atoms with Crippen LogP contribution >= 0.6 is 0 Å². The molecule has 0 spiro atoms. The zero-order valence-corrected chi connectivity index (χ0v) is 5.88. The van der Waals surface area contributed by atoms with E-state index in [1.165, 1.54) is 6.33 Å². The smallest absolute Gasteiger partial charge is 0.161 e. The van der Waals surface area contributed by atoms with Crippen LogP contribution in [-0.2, 0) is 0 Å². The van der Waals surface area contributed by atoms with Crippen molar-refractivity contribution in [2.45, 2.75) is 0 Å². The van der Waals surface area contributed by atoms with Crippen LogP contribution in [0.1, 0.15) is 0 Å². The molecule has 1 aromatic heterocycles. The van der Waals surface area contributed by atoms with Crippen LogP contribution in [0.3, 0.4) is 0 Å². The molecule has 1 heterocycles. The van der Waals surface area contributed by atoms with Gasteiger partial charge in [-0.2, -0.15) is 5.21 Å². The molecule has 56 valence electrons. The van der Waals surface area contributed by atoms with E-state index in [4.69, 9.17) is 0 Å². The van der Waals surface area contributed by atoms with Crippen LogP contribution in [0.25, 0.3) is 0 Å². The summed E-state index contributed by atoms with van der Waals surface area (Å²) in [6, 6.07) is 12.0. The van der Waals surface area contributed by atoms with E-state index < -0.39 is 0 Å². The fourth-order valence-electron chi connectivity index (χ4n) is 0.514. The van der Waals surface area contributed by atoms with Crippen molar-refractivity contribution >= 4 is 0 Å². The van der Waals surface area contributed by atoms with Gasteiger partial charge in [-0.25, -0.2) is 0 Å². The molecule has 4 nitrogen and oxygen atoms in total. The summed E-state index contributed by atoms with van der Waals surface area (Å²) in [5.74, 6) is 0. The van der Waals surface area contributed by atoms with Gasteiger partial charge in [-0.05, 0) is 0 Å². The molecule has 0 bridgehead atoms. The van der Waals surface area contributed by atoms with Gasteiger partial charge < -0.3 is 0 Å². The predicted octanol–water partition coefficient (Wildman–Crippen LogP) is 0.886. The maximum atomic E-state index is 3.38. The van der Waals surface area contributed by atoms with E-state index in [0.717, 1.165) is 0 Å². The van der Waals surface area contributed by atoms with Crippen LogP contribution < -0.4 is 0 Å². The van der Waals surface area contributed by atoms with Gasteiger partial charge in [0.25, 0.3) is 0 Å². The number of H-pyrrole nitrogens is 1. The first-order valence-corrected chi connectivity index (χ1v) is 3.16. The lowest BCUT2D eigenvalue weighted by molar-refractivity contribution is 0.881. The zero-order valence-electron chi connectivity index (χ0n) is 5.88. The average Bonchev–Trinajstić information content (AvgIpc) is 2.64. The molecule has 0 amide bonds. The maximum absolute atomic E-state index is 3.38. The Morgan fingerprint density at radius 3 is 1.55 bits per heavy atom. The van der Waals surface area contributed by atoms with Crippen molar-refractivity contribution < 1.29 is 0 Å². The Hall–Kier alpha value is -1.71.